The molecule has 1 aliphatic heterocycles. The van der Waals surface area contributed by atoms with Crippen LogP contribution in [0.3, 0.4) is 0 Å². The number of fused-ring (bicyclic) bond motifs is 1. The van der Waals surface area contributed by atoms with Crippen LogP contribution in [-0.2, 0) is 11.2 Å². The molecule has 110 valence electrons. The van der Waals surface area contributed by atoms with Crippen LogP contribution in [0.5, 0.6) is 0 Å². The van der Waals surface area contributed by atoms with Crippen molar-refractivity contribution in [2.75, 3.05) is 19.7 Å². The molecule has 1 N–H and O–H groups in total. The number of aliphatic hydroxyl groups is 1. The molecule has 0 amide bonds. The first-order chi connectivity index (χ1) is 10.3. The average molecular weight is 301 g/mol. The monoisotopic (exact) mass is 301 g/mol. The van der Waals surface area contributed by atoms with E-state index < -0.39 is 0 Å². The first-order valence-electron chi connectivity index (χ1n) is 7.48. The summed E-state index contributed by atoms with van der Waals surface area (Å²) in [6, 6.07) is 12.7. The maximum atomic E-state index is 10.6. The van der Waals surface area contributed by atoms with Crippen LogP contribution in [0.25, 0.3) is 0 Å². The first kappa shape index (κ1) is 13.5. The van der Waals surface area contributed by atoms with Gasteiger partial charge in [0.2, 0.25) is 0 Å². The number of hydrogen-bond acceptors (Lipinski definition) is 4. The van der Waals surface area contributed by atoms with E-state index in [4.69, 9.17) is 4.74 Å². The molecule has 3 nitrogen and oxygen atoms in total. The highest BCUT2D eigenvalue weighted by Crippen LogP contribution is 2.36. The minimum Gasteiger partial charge on any atom is -0.387 e. The van der Waals surface area contributed by atoms with E-state index in [0.29, 0.717) is 0 Å². The van der Waals surface area contributed by atoms with Gasteiger partial charge in [0.1, 0.15) is 6.10 Å². The molecule has 1 aromatic heterocycles. The number of aliphatic hydroxyl groups excluding tert-OH is 1. The van der Waals surface area contributed by atoms with Crippen molar-refractivity contribution in [2.45, 2.75) is 24.7 Å². The van der Waals surface area contributed by atoms with Crippen molar-refractivity contribution in [1.82, 2.24) is 4.90 Å². The van der Waals surface area contributed by atoms with E-state index in [2.05, 4.69) is 40.6 Å². The topological polar surface area (TPSA) is 32.7 Å². The SMILES string of the molecule is O[C@@H]1c2ccccc2C[C@H]1N1CCO[C@H](c2cccs2)C1. The zero-order valence-electron chi connectivity index (χ0n) is 11.8. The standard InChI is InChI=1S/C17H19NO2S/c19-17-13-5-2-1-4-12(13)10-14(17)18-7-8-20-15(11-18)16-6-3-9-21-16/h1-6,9,14-15,17,19H,7-8,10-11H2/t14-,15+,17-/m1/s1. The van der Waals surface area contributed by atoms with E-state index >= 15 is 0 Å². The summed E-state index contributed by atoms with van der Waals surface area (Å²) in [7, 11) is 0. The van der Waals surface area contributed by atoms with Crippen molar-refractivity contribution < 1.29 is 9.84 Å². The Bertz CT molecular complexity index is 613. The minimum absolute atomic E-state index is 0.148. The second-order valence-corrected chi connectivity index (χ2v) is 6.76. The molecule has 0 radical (unpaired) electrons. The second-order valence-electron chi connectivity index (χ2n) is 5.78. The highest BCUT2D eigenvalue weighted by molar-refractivity contribution is 7.10. The van der Waals surface area contributed by atoms with Gasteiger partial charge in [0, 0.05) is 24.0 Å². The smallest absolute Gasteiger partial charge is 0.104 e. The van der Waals surface area contributed by atoms with Gasteiger partial charge in [0.05, 0.1) is 12.7 Å². The lowest BCUT2D eigenvalue weighted by molar-refractivity contribution is -0.0620. The van der Waals surface area contributed by atoms with Crippen LogP contribution in [-0.4, -0.2) is 35.7 Å². The van der Waals surface area contributed by atoms with Crippen LogP contribution >= 0.6 is 11.3 Å². The molecule has 4 rings (SSSR count). The molecule has 2 aromatic rings. The average Bonchev–Trinajstić information content (AvgIpc) is 3.16. The Morgan fingerprint density at radius 3 is 2.90 bits per heavy atom. The fourth-order valence-electron chi connectivity index (χ4n) is 3.50. The number of morpholine rings is 1. The normalized spacial score (nSPS) is 29.5. The van der Waals surface area contributed by atoms with Crippen molar-refractivity contribution in [3.05, 3.63) is 57.8 Å². The third-order valence-electron chi connectivity index (χ3n) is 4.59. The molecule has 0 unspecified atom stereocenters. The highest BCUT2D eigenvalue weighted by atomic mass is 32.1. The first-order valence-corrected chi connectivity index (χ1v) is 8.36. The van der Waals surface area contributed by atoms with Gasteiger partial charge in [-0.25, -0.2) is 0 Å². The summed E-state index contributed by atoms with van der Waals surface area (Å²) in [5.74, 6) is 0. The Hall–Kier alpha value is -1.20. The van der Waals surface area contributed by atoms with Gasteiger partial charge in [-0.2, -0.15) is 0 Å². The number of nitrogens with zero attached hydrogens (tertiary/aromatic N) is 1. The van der Waals surface area contributed by atoms with Crippen LogP contribution in [0.4, 0.5) is 0 Å². The molecule has 4 heteroatoms. The second kappa shape index (κ2) is 5.54. The van der Waals surface area contributed by atoms with Gasteiger partial charge < -0.3 is 9.84 Å². The molecule has 3 atom stereocenters. The van der Waals surface area contributed by atoms with Crippen LogP contribution < -0.4 is 0 Å². The molecule has 1 aromatic carbocycles. The van der Waals surface area contributed by atoms with E-state index in [1.165, 1.54) is 10.4 Å². The van der Waals surface area contributed by atoms with Crippen molar-refractivity contribution >= 4 is 11.3 Å². The molecule has 2 aliphatic rings. The highest BCUT2D eigenvalue weighted by Gasteiger charge is 2.37. The van der Waals surface area contributed by atoms with Crippen molar-refractivity contribution in [2.24, 2.45) is 0 Å². The number of ether oxygens (including phenoxy) is 1. The van der Waals surface area contributed by atoms with Gasteiger partial charge in [-0.05, 0) is 29.0 Å². The van der Waals surface area contributed by atoms with E-state index in [1.54, 1.807) is 11.3 Å². The Morgan fingerprint density at radius 2 is 2.10 bits per heavy atom. The Balaban J connectivity index is 1.52. The summed E-state index contributed by atoms with van der Waals surface area (Å²) >= 11 is 1.75. The molecule has 0 saturated carbocycles. The summed E-state index contributed by atoms with van der Waals surface area (Å²) < 4.78 is 5.91. The van der Waals surface area contributed by atoms with Crippen LogP contribution in [0.2, 0.25) is 0 Å². The minimum atomic E-state index is -0.372. The maximum Gasteiger partial charge on any atom is 0.104 e. The summed E-state index contributed by atoms with van der Waals surface area (Å²) in [6.07, 6.45) is 0.715. The summed E-state index contributed by atoms with van der Waals surface area (Å²) in [6.45, 7) is 2.51. The van der Waals surface area contributed by atoms with Crippen LogP contribution in [0.15, 0.2) is 41.8 Å². The number of hydrogen-bond donors (Lipinski definition) is 1. The molecule has 1 fully saturated rings. The molecule has 2 heterocycles. The molecule has 1 aliphatic carbocycles. The Labute approximate surface area is 128 Å². The number of benzene rings is 1. The molecular formula is C17H19NO2S. The molecule has 0 spiro atoms. The zero-order valence-corrected chi connectivity index (χ0v) is 12.6. The van der Waals surface area contributed by atoms with Crippen molar-refractivity contribution in [3.63, 3.8) is 0 Å². The fraction of sp³-hybridized carbons (Fsp3) is 0.412. The lowest BCUT2D eigenvalue weighted by atomic mass is 10.1. The predicted molar refractivity (Wildman–Crippen MR) is 83.5 cm³/mol. The molecule has 21 heavy (non-hydrogen) atoms. The Kier molecular flexibility index (Phi) is 3.55. The van der Waals surface area contributed by atoms with Crippen LogP contribution in [0.1, 0.15) is 28.2 Å². The van der Waals surface area contributed by atoms with Gasteiger partial charge in [-0.15, -0.1) is 11.3 Å². The quantitative estimate of drug-likeness (QED) is 0.926. The van der Waals surface area contributed by atoms with E-state index in [9.17, 15) is 5.11 Å². The third-order valence-corrected chi connectivity index (χ3v) is 5.56. The molecular weight excluding hydrogens is 282 g/mol. The lowest BCUT2D eigenvalue weighted by Gasteiger charge is -2.37. The third kappa shape index (κ3) is 2.42. The summed E-state index contributed by atoms with van der Waals surface area (Å²) in [4.78, 5) is 3.68. The van der Waals surface area contributed by atoms with Gasteiger partial charge in [-0.3, -0.25) is 4.90 Å². The Morgan fingerprint density at radius 1 is 1.19 bits per heavy atom. The van der Waals surface area contributed by atoms with Crippen LogP contribution in [0, 0.1) is 0 Å². The predicted octanol–water partition coefficient (Wildman–Crippen LogP) is 2.78. The van der Waals surface area contributed by atoms with Gasteiger partial charge in [-0.1, -0.05) is 30.3 Å². The molecule has 1 saturated heterocycles. The summed E-state index contributed by atoms with van der Waals surface area (Å²) in [5.41, 5.74) is 2.39. The van der Waals surface area contributed by atoms with E-state index in [1.807, 2.05) is 6.07 Å². The van der Waals surface area contributed by atoms with Gasteiger partial charge in [0.15, 0.2) is 0 Å². The van der Waals surface area contributed by atoms with E-state index in [0.717, 1.165) is 31.7 Å². The van der Waals surface area contributed by atoms with Crippen molar-refractivity contribution in [1.29, 1.82) is 0 Å². The molecule has 0 bridgehead atoms. The largest absolute Gasteiger partial charge is 0.387 e. The lowest BCUT2D eigenvalue weighted by Crippen LogP contribution is -2.46. The van der Waals surface area contributed by atoms with E-state index in [-0.39, 0.29) is 18.2 Å². The fourth-order valence-corrected chi connectivity index (χ4v) is 4.26. The summed E-state index contributed by atoms with van der Waals surface area (Å²) in [5, 5.41) is 12.7. The number of rotatable bonds is 2. The zero-order chi connectivity index (χ0) is 14.2. The van der Waals surface area contributed by atoms with Gasteiger partial charge >= 0.3 is 0 Å². The number of thiophene rings is 1. The maximum absolute atomic E-state index is 10.6. The van der Waals surface area contributed by atoms with Gasteiger partial charge in [0.25, 0.3) is 0 Å². The van der Waals surface area contributed by atoms with Crippen molar-refractivity contribution in [3.8, 4) is 0 Å².